The highest BCUT2D eigenvalue weighted by Crippen LogP contribution is 2.37. The average molecular weight is 365 g/mol. The molecule has 1 N–H and O–H groups in total. The Morgan fingerprint density at radius 3 is 2.48 bits per heavy atom. The van der Waals surface area contributed by atoms with Crippen LogP contribution in [0.1, 0.15) is 24.8 Å². The maximum atomic E-state index is 13.2. The first-order valence-corrected chi connectivity index (χ1v) is 9.93. The van der Waals surface area contributed by atoms with Crippen LogP contribution in [-0.4, -0.2) is 57.0 Å². The molecule has 6 heteroatoms. The van der Waals surface area contributed by atoms with Gasteiger partial charge >= 0.3 is 0 Å². The number of carbonyl (C=O) groups excluding carboxylic acids is 1. The zero-order valence-corrected chi connectivity index (χ0v) is 15.8. The van der Waals surface area contributed by atoms with Crippen molar-refractivity contribution in [1.82, 2.24) is 5.32 Å². The number of carbonyl (C=O) groups is 1. The third-order valence-corrected chi connectivity index (χ3v) is 6.72. The van der Waals surface area contributed by atoms with Gasteiger partial charge in [0.1, 0.15) is 5.75 Å². The Morgan fingerprint density at radius 1 is 1.20 bits per heavy atom. The summed E-state index contributed by atoms with van der Waals surface area (Å²) >= 11 is 1.88. The molecule has 2 heterocycles. The van der Waals surface area contributed by atoms with Crippen LogP contribution in [0.3, 0.4) is 0 Å². The molecular formula is C19H27NO4S. The van der Waals surface area contributed by atoms with Crippen LogP contribution >= 0.6 is 11.8 Å². The maximum absolute atomic E-state index is 13.2. The van der Waals surface area contributed by atoms with Crippen molar-refractivity contribution in [3.05, 3.63) is 29.8 Å². The van der Waals surface area contributed by atoms with Gasteiger partial charge in [-0.15, -0.1) is 0 Å². The second-order valence-electron chi connectivity index (χ2n) is 6.80. The minimum Gasteiger partial charge on any atom is -0.497 e. The van der Waals surface area contributed by atoms with Crippen molar-refractivity contribution < 1.29 is 19.0 Å². The minimum absolute atomic E-state index is 0.0780. The van der Waals surface area contributed by atoms with E-state index >= 15 is 0 Å². The van der Waals surface area contributed by atoms with Crippen molar-refractivity contribution in [2.24, 2.45) is 0 Å². The number of thioether (sulfide) groups is 1. The number of methoxy groups -OCH3 is 2. The Bertz CT molecular complexity index is 578. The smallest absolute Gasteiger partial charge is 0.230 e. The molecule has 0 aliphatic carbocycles. The molecular weight excluding hydrogens is 338 g/mol. The monoisotopic (exact) mass is 365 g/mol. The first-order valence-electron chi connectivity index (χ1n) is 8.78. The summed E-state index contributed by atoms with van der Waals surface area (Å²) in [4.78, 5) is 13.2. The predicted octanol–water partition coefficient (Wildman–Crippen LogP) is 2.38. The summed E-state index contributed by atoms with van der Waals surface area (Å²) in [5.41, 5.74) is 0.263. The second kappa shape index (κ2) is 7.98. The minimum atomic E-state index is -0.537. The van der Waals surface area contributed by atoms with Gasteiger partial charge in [0.15, 0.2) is 0 Å². The van der Waals surface area contributed by atoms with Gasteiger partial charge in [-0.1, -0.05) is 12.1 Å². The second-order valence-corrected chi connectivity index (χ2v) is 7.90. The Hall–Kier alpha value is -1.24. The summed E-state index contributed by atoms with van der Waals surface area (Å²) in [6, 6.07) is 7.84. The molecule has 0 spiro atoms. The van der Waals surface area contributed by atoms with Crippen molar-refractivity contribution >= 4 is 17.7 Å². The largest absolute Gasteiger partial charge is 0.497 e. The van der Waals surface area contributed by atoms with Crippen molar-refractivity contribution in [2.45, 2.75) is 30.3 Å². The van der Waals surface area contributed by atoms with Crippen LogP contribution in [0.15, 0.2) is 24.3 Å². The molecule has 2 fully saturated rings. The molecule has 0 bridgehead atoms. The molecule has 1 unspecified atom stereocenters. The summed E-state index contributed by atoms with van der Waals surface area (Å²) in [5.74, 6) is 2.89. The van der Waals surface area contributed by atoms with E-state index in [1.807, 2.05) is 36.0 Å². The van der Waals surface area contributed by atoms with E-state index in [1.165, 1.54) is 0 Å². The molecule has 2 aliphatic rings. The fourth-order valence-electron chi connectivity index (χ4n) is 3.65. The number of hydrogen-bond donors (Lipinski definition) is 1. The van der Waals surface area contributed by atoms with Crippen LogP contribution in [0.25, 0.3) is 0 Å². The molecule has 138 valence electrons. The van der Waals surface area contributed by atoms with Gasteiger partial charge in [-0.2, -0.15) is 11.8 Å². The van der Waals surface area contributed by atoms with Crippen LogP contribution in [-0.2, 0) is 19.7 Å². The summed E-state index contributed by atoms with van der Waals surface area (Å²) in [5, 5.41) is 3.19. The summed E-state index contributed by atoms with van der Waals surface area (Å²) in [6.07, 6.45) is 2.37. The van der Waals surface area contributed by atoms with Crippen molar-refractivity contribution in [2.75, 3.05) is 45.5 Å². The number of nitrogens with one attached hydrogen (secondary N) is 1. The van der Waals surface area contributed by atoms with Gasteiger partial charge in [-0.25, -0.2) is 0 Å². The van der Waals surface area contributed by atoms with Crippen LogP contribution in [0.5, 0.6) is 5.75 Å². The van der Waals surface area contributed by atoms with E-state index in [-0.39, 0.29) is 11.5 Å². The molecule has 5 nitrogen and oxygen atoms in total. The number of hydrogen-bond acceptors (Lipinski definition) is 5. The van der Waals surface area contributed by atoms with Gasteiger partial charge in [0.2, 0.25) is 5.91 Å². The van der Waals surface area contributed by atoms with Crippen LogP contribution in [0.4, 0.5) is 0 Å². The molecule has 1 amide bonds. The molecule has 0 aromatic heterocycles. The Morgan fingerprint density at radius 2 is 1.92 bits per heavy atom. The van der Waals surface area contributed by atoms with E-state index in [9.17, 15) is 4.79 Å². The maximum Gasteiger partial charge on any atom is 0.230 e. The fraction of sp³-hybridized carbons (Fsp3) is 0.632. The van der Waals surface area contributed by atoms with E-state index in [0.29, 0.717) is 32.6 Å². The quantitative estimate of drug-likeness (QED) is 0.839. The molecule has 25 heavy (non-hydrogen) atoms. The van der Waals surface area contributed by atoms with Gasteiger partial charge < -0.3 is 19.5 Å². The topological polar surface area (TPSA) is 56.8 Å². The Kier molecular flexibility index (Phi) is 5.92. The third kappa shape index (κ3) is 3.81. The van der Waals surface area contributed by atoms with Gasteiger partial charge in [0.05, 0.1) is 18.1 Å². The Labute approximate surface area is 153 Å². The molecule has 3 rings (SSSR count). The van der Waals surface area contributed by atoms with E-state index in [1.54, 1.807) is 14.2 Å². The van der Waals surface area contributed by atoms with Crippen LogP contribution in [0.2, 0.25) is 0 Å². The highest BCUT2D eigenvalue weighted by Gasteiger charge is 2.43. The standard InChI is InChI=1S/C19H27NO4S/c1-22-16-5-3-15(4-6-16)19(7-10-24-11-8-19)17(21)20-13-18(23-2)9-12-25-14-18/h3-6H,7-14H2,1-2H3,(H,20,21). The summed E-state index contributed by atoms with van der Waals surface area (Å²) < 4.78 is 16.5. The molecule has 1 aromatic rings. The van der Waals surface area contributed by atoms with Gasteiger partial charge in [-0.3, -0.25) is 4.79 Å². The number of benzene rings is 1. The van der Waals surface area contributed by atoms with Crippen molar-refractivity contribution in [3.63, 3.8) is 0 Å². The zero-order chi connectivity index (χ0) is 17.8. The SMILES string of the molecule is COc1ccc(C2(C(=O)NCC3(OC)CCSC3)CCOCC2)cc1. The van der Waals surface area contributed by atoms with Crippen LogP contribution in [0, 0.1) is 0 Å². The molecule has 0 saturated carbocycles. The molecule has 2 aliphatic heterocycles. The van der Waals surface area contributed by atoms with E-state index in [2.05, 4.69) is 5.32 Å². The summed E-state index contributed by atoms with van der Waals surface area (Å²) in [7, 11) is 3.39. The van der Waals surface area contributed by atoms with Gasteiger partial charge in [-0.05, 0) is 42.7 Å². The predicted molar refractivity (Wildman–Crippen MR) is 99.4 cm³/mol. The zero-order valence-electron chi connectivity index (χ0n) is 15.0. The van der Waals surface area contributed by atoms with Crippen molar-refractivity contribution in [1.29, 1.82) is 0 Å². The molecule has 2 saturated heterocycles. The van der Waals surface area contributed by atoms with Crippen LogP contribution < -0.4 is 10.1 Å². The highest BCUT2D eigenvalue weighted by molar-refractivity contribution is 7.99. The van der Waals surface area contributed by atoms with E-state index in [4.69, 9.17) is 14.2 Å². The van der Waals surface area contributed by atoms with E-state index < -0.39 is 5.41 Å². The Balaban J connectivity index is 1.78. The highest BCUT2D eigenvalue weighted by atomic mass is 32.2. The third-order valence-electron chi connectivity index (χ3n) is 5.49. The molecule has 0 radical (unpaired) electrons. The normalized spacial score (nSPS) is 25.5. The van der Waals surface area contributed by atoms with E-state index in [0.717, 1.165) is 29.2 Å². The lowest BCUT2D eigenvalue weighted by molar-refractivity contribution is -0.131. The van der Waals surface area contributed by atoms with Crippen molar-refractivity contribution in [3.8, 4) is 5.75 Å². The van der Waals surface area contributed by atoms with Gasteiger partial charge in [0.25, 0.3) is 0 Å². The molecule has 1 atom stereocenters. The number of ether oxygens (including phenoxy) is 3. The lowest BCUT2D eigenvalue weighted by atomic mass is 9.73. The number of amides is 1. The first-order chi connectivity index (χ1) is 12.1. The van der Waals surface area contributed by atoms with Gasteiger partial charge in [0, 0.05) is 32.6 Å². The fourth-order valence-corrected chi connectivity index (χ4v) is 5.05. The first kappa shape index (κ1) is 18.5. The lowest BCUT2D eigenvalue weighted by Gasteiger charge is -2.37. The summed E-state index contributed by atoms with van der Waals surface area (Å²) in [6.45, 7) is 1.77. The number of rotatable bonds is 6. The molecule has 1 aromatic carbocycles. The average Bonchev–Trinajstić information content (AvgIpc) is 3.16. The lowest BCUT2D eigenvalue weighted by Crippen LogP contribution is -2.52.